The van der Waals surface area contributed by atoms with Crippen molar-refractivity contribution < 1.29 is 4.79 Å². The van der Waals surface area contributed by atoms with Crippen molar-refractivity contribution >= 4 is 11.6 Å². The molecule has 0 radical (unpaired) electrons. The summed E-state index contributed by atoms with van der Waals surface area (Å²) < 4.78 is 1.75. The standard InChI is InChI=1S/C14H18N4O/c1-10-3-4-11(9-13(10)15)14(19)16-7-5-12-6-8-18(2)17-12/h3-4,6,8-9H,5,7,15H2,1-2H3,(H,16,19). The Morgan fingerprint density at radius 1 is 1.42 bits per heavy atom. The number of aryl methyl sites for hydroxylation is 2. The zero-order valence-corrected chi connectivity index (χ0v) is 11.2. The molecule has 0 aliphatic heterocycles. The summed E-state index contributed by atoms with van der Waals surface area (Å²) in [6.45, 7) is 2.47. The highest BCUT2D eigenvalue weighted by molar-refractivity contribution is 5.95. The van der Waals surface area contributed by atoms with Gasteiger partial charge in [0.2, 0.25) is 0 Å². The number of aromatic nitrogens is 2. The average molecular weight is 258 g/mol. The number of nitrogens with two attached hydrogens (primary N) is 1. The van der Waals surface area contributed by atoms with Crippen LogP contribution in [0.2, 0.25) is 0 Å². The number of nitrogens with zero attached hydrogens (tertiary/aromatic N) is 2. The molecule has 0 atom stereocenters. The van der Waals surface area contributed by atoms with Crippen LogP contribution < -0.4 is 11.1 Å². The van der Waals surface area contributed by atoms with Gasteiger partial charge in [0.1, 0.15) is 0 Å². The van der Waals surface area contributed by atoms with Gasteiger partial charge in [0, 0.05) is 37.5 Å². The Morgan fingerprint density at radius 3 is 2.84 bits per heavy atom. The van der Waals surface area contributed by atoms with E-state index in [-0.39, 0.29) is 5.91 Å². The van der Waals surface area contributed by atoms with E-state index in [1.165, 1.54) is 0 Å². The molecule has 5 heteroatoms. The fourth-order valence-electron chi connectivity index (χ4n) is 1.78. The Morgan fingerprint density at radius 2 is 2.21 bits per heavy atom. The zero-order chi connectivity index (χ0) is 13.8. The van der Waals surface area contributed by atoms with Crippen molar-refractivity contribution in [1.82, 2.24) is 15.1 Å². The quantitative estimate of drug-likeness (QED) is 0.811. The molecule has 5 nitrogen and oxygen atoms in total. The molecule has 1 aromatic heterocycles. The molecule has 1 amide bonds. The van der Waals surface area contributed by atoms with Gasteiger partial charge in [0.25, 0.3) is 5.91 Å². The molecule has 2 aromatic rings. The number of amides is 1. The molecule has 100 valence electrons. The average Bonchev–Trinajstić information content (AvgIpc) is 2.78. The lowest BCUT2D eigenvalue weighted by Gasteiger charge is -2.06. The van der Waals surface area contributed by atoms with Crippen LogP contribution in [0, 0.1) is 6.92 Å². The summed E-state index contributed by atoms with van der Waals surface area (Å²) in [5.41, 5.74) is 8.95. The van der Waals surface area contributed by atoms with Gasteiger partial charge in [-0.15, -0.1) is 0 Å². The van der Waals surface area contributed by atoms with E-state index in [0.717, 1.165) is 11.3 Å². The molecule has 0 fully saturated rings. The second kappa shape index (κ2) is 5.56. The molecule has 0 saturated heterocycles. The molecule has 0 bridgehead atoms. The second-order valence-electron chi connectivity index (χ2n) is 4.56. The van der Waals surface area contributed by atoms with E-state index in [1.54, 1.807) is 16.8 Å². The predicted octanol–water partition coefficient (Wildman–Crippen LogP) is 1.28. The number of rotatable bonds is 4. The van der Waals surface area contributed by atoms with Gasteiger partial charge in [-0.2, -0.15) is 5.10 Å². The number of nitrogen functional groups attached to an aromatic ring is 1. The van der Waals surface area contributed by atoms with Gasteiger partial charge in [-0.05, 0) is 30.7 Å². The Balaban J connectivity index is 1.89. The first kappa shape index (κ1) is 13.1. The summed E-state index contributed by atoms with van der Waals surface area (Å²) in [5, 5.41) is 7.11. The van der Waals surface area contributed by atoms with Gasteiger partial charge in [0.15, 0.2) is 0 Å². The van der Waals surface area contributed by atoms with Gasteiger partial charge in [-0.25, -0.2) is 0 Å². The number of benzene rings is 1. The molecule has 3 N–H and O–H groups in total. The van der Waals surface area contributed by atoms with E-state index in [9.17, 15) is 4.79 Å². The third-order valence-corrected chi connectivity index (χ3v) is 2.98. The van der Waals surface area contributed by atoms with Crippen LogP contribution in [-0.2, 0) is 13.5 Å². The van der Waals surface area contributed by atoms with E-state index >= 15 is 0 Å². The van der Waals surface area contributed by atoms with Crippen LogP contribution in [-0.4, -0.2) is 22.2 Å². The van der Waals surface area contributed by atoms with Crippen molar-refractivity contribution in [3.8, 4) is 0 Å². The monoisotopic (exact) mass is 258 g/mol. The van der Waals surface area contributed by atoms with E-state index in [1.807, 2.05) is 32.3 Å². The van der Waals surface area contributed by atoms with Crippen LogP contribution in [0.4, 0.5) is 5.69 Å². The van der Waals surface area contributed by atoms with Crippen molar-refractivity contribution in [3.05, 3.63) is 47.3 Å². The van der Waals surface area contributed by atoms with Crippen molar-refractivity contribution in [2.24, 2.45) is 7.05 Å². The maximum atomic E-state index is 11.9. The minimum absolute atomic E-state index is 0.109. The maximum absolute atomic E-state index is 11.9. The largest absolute Gasteiger partial charge is 0.398 e. The highest BCUT2D eigenvalue weighted by Crippen LogP contribution is 2.12. The summed E-state index contributed by atoms with van der Waals surface area (Å²) >= 11 is 0. The molecule has 0 aliphatic carbocycles. The van der Waals surface area contributed by atoms with Crippen LogP contribution in [0.3, 0.4) is 0 Å². The van der Waals surface area contributed by atoms with Crippen LogP contribution in [0.1, 0.15) is 21.6 Å². The smallest absolute Gasteiger partial charge is 0.251 e. The van der Waals surface area contributed by atoms with E-state index in [0.29, 0.717) is 24.2 Å². The summed E-state index contributed by atoms with van der Waals surface area (Å²) in [4.78, 5) is 11.9. The maximum Gasteiger partial charge on any atom is 0.251 e. The number of anilines is 1. The molecule has 2 rings (SSSR count). The minimum atomic E-state index is -0.109. The third-order valence-electron chi connectivity index (χ3n) is 2.98. The first-order chi connectivity index (χ1) is 9.06. The summed E-state index contributed by atoms with van der Waals surface area (Å²) in [7, 11) is 1.87. The number of hydrogen-bond donors (Lipinski definition) is 2. The lowest BCUT2D eigenvalue weighted by molar-refractivity contribution is 0.0954. The fourth-order valence-corrected chi connectivity index (χ4v) is 1.78. The molecule has 1 heterocycles. The molecule has 19 heavy (non-hydrogen) atoms. The molecular formula is C14H18N4O. The minimum Gasteiger partial charge on any atom is -0.398 e. The molecule has 0 aliphatic rings. The molecule has 0 unspecified atom stereocenters. The summed E-state index contributed by atoms with van der Waals surface area (Å²) in [6.07, 6.45) is 2.60. The van der Waals surface area contributed by atoms with Crippen molar-refractivity contribution in [2.45, 2.75) is 13.3 Å². The number of hydrogen-bond acceptors (Lipinski definition) is 3. The number of carbonyl (C=O) groups is 1. The zero-order valence-electron chi connectivity index (χ0n) is 11.2. The van der Waals surface area contributed by atoms with Crippen LogP contribution in [0.5, 0.6) is 0 Å². The van der Waals surface area contributed by atoms with Gasteiger partial charge in [-0.1, -0.05) is 6.07 Å². The Bertz CT molecular complexity index is 589. The summed E-state index contributed by atoms with van der Waals surface area (Å²) in [6, 6.07) is 7.27. The van der Waals surface area contributed by atoms with Crippen molar-refractivity contribution in [3.63, 3.8) is 0 Å². The van der Waals surface area contributed by atoms with Crippen molar-refractivity contribution in [2.75, 3.05) is 12.3 Å². The Labute approximate surface area is 112 Å². The Hall–Kier alpha value is -2.30. The molecule has 0 saturated carbocycles. The first-order valence-corrected chi connectivity index (χ1v) is 6.19. The fraction of sp³-hybridized carbons (Fsp3) is 0.286. The highest BCUT2D eigenvalue weighted by Gasteiger charge is 2.06. The lowest BCUT2D eigenvalue weighted by atomic mass is 10.1. The van der Waals surface area contributed by atoms with E-state index in [4.69, 9.17) is 5.73 Å². The highest BCUT2D eigenvalue weighted by atomic mass is 16.1. The molecule has 1 aromatic carbocycles. The summed E-state index contributed by atoms with van der Waals surface area (Å²) in [5.74, 6) is -0.109. The van der Waals surface area contributed by atoms with Gasteiger partial charge < -0.3 is 11.1 Å². The first-order valence-electron chi connectivity index (χ1n) is 6.19. The molecular weight excluding hydrogens is 240 g/mol. The predicted molar refractivity (Wildman–Crippen MR) is 74.8 cm³/mol. The SMILES string of the molecule is Cc1ccc(C(=O)NCCc2ccn(C)n2)cc1N. The van der Waals surface area contributed by atoms with Crippen molar-refractivity contribution in [1.29, 1.82) is 0 Å². The number of carbonyl (C=O) groups excluding carboxylic acids is 1. The van der Waals surface area contributed by atoms with Gasteiger partial charge >= 0.3 is 0 Å². The van der Waals surface area contributed by atoms with E-state index < -0.39 is 0 Å². The third kappa shape index (κ3) is 3.34. The normalized spacial score (nSPS) is 10.4. The number of nitrogens with one attached hydrogen (secondary N) is 1. The van der Waals surface area contributed by atoms with E-state index in [2.05, 4.69) is 10.4 Å². The molecule has 0 spiro atoms. The van der Waals surface area contributed by atoms with Gasteiger partial charge in [-0.3, -0.25) is 9.48 Å². The van der Waals surface area contributed by atoms with Crippen LogP contribution >= 0.6 is 0 Å². The van der Waals surface area contributed by atoms with Gasteiger partial charge in [0.05, 0.1) is 5.69 Å². The van der Waals surface area contributed by atoms with Crippen LogP contribution in [0.15, 0.2) is 30.5 Å². The topological polar surface area (TPSA) is 72.9 Å². The lowest BCUT2D eigenvalue weighted by Crippen LogP contribution is -2.25. The van der Waals surface area contributed by atoms with Crippen LogP contribution in [0.25, 0.3) is 0 Å². The Kier molecular flexibility index (Phi) is 3.85. The second-order valence-corrected chi connectivity index (χ2v) is 4.56.